The van der Waals surface area contributed by atoms with Crippen LogP contribution in [-0.4, -0.2) is 40.2 Å². The molecule has 34 heavy (non-hydrogen) atoms. The molecule has 1 saturated carbocycles. The highest BCUT2D eigenvalue weighted by Gasteiger charge is 2.46. The molecule has 2 atom stereocenters. The molecule has 6 nitrogen and oxygen atoms in total. The van der Waals surface area contributed by atoms with E-state index in [0.717, 1.165) is 30.6 Å². The number of nitrogens with zero attached hydrogens (tertiary/aromatic N) is 2. The fourth-order valence-electron chi connectivity index (χ4n) is 4.83. The molecule has 2 unspecified atom stereocenters. The number of imide groups is 1. The molecule has 1 saturated heterocycles. The van der Waals surface area contributed by atoms with E-state index in [0.29, 0.717) is 31.4 Å². The predicted molar refractivity (Wildman–Crippen MR) is 130 cm³/mol. The third-order valence-electron chi connectivity index (χ3n) is 6.62. The first-order valence-electron chi connectivity index (χ1n) is 11.8. The molecule has 2 aromatic rings. The fraction of sp³-hybridized carbons (Fsp3) is 0.480. The summed E-state index contributed by atoms with van der Waals surface area (Å²) >= 11 is 7.83. The molecule has 0 bridgehead atoms. The topological polar surface area (TPSA) is 69.7 Å². The number of fused-ring (bicyclic) bond motifs is 1. The van der Waals surface area contributed by atoms with Crippen LogP contribution < -0.4 is 5.32 Å². The van der Waals surface area contributed by atoms with Gasteiger partial charge in [0, 0.05) is 35.5 Å². The molecular formula is C25H29ClFN3O3S. The Morgan fingerprint density at radius 1 is 1.18 bits per heavy atom. The maximum absolute atomic E-state index is 13.5. The van der Waals surface area contributed by atoms with E-state index in [4.69, 9.17) is 11.6 Å². The van der Waals surface area contributed by atoms with Gasteiger partial charge in [-0.05, 0) is 54.8 Å². The summed E-state index contributed by atoms with van der Waals surface area (Å²) in [7, 11) is 0. The van der Waals surface area contributed by atoms with Gasteiger partial charge in [-0.2, -0.15) is 0 Å². The number of rotatable bonds is 9. The normalized spacial score (nSPS) is 20.4. The fourth-order valence-corrected chi connectivity index (χ4v) is 5.70. The van der Waals surface area contributed by atoms with Crippen molar-refractivity contribution in [1.82, 2.24) is 15.1 Å². The van der Waals surface area contributed by atoms with Gasteiger partial charge in [0.2, 0.25) is 11.8 Å². The number of benzene rings is 1. The molecule has 2 heterocycles. The second-order valence-corrected chi connectivity index (χ2v) is 10.3. The number of unbranched alkanes of at least 4 members (excludes halogenated alkanes) is 1. The van der Waals surface area contributed by atoms with Crippen LogP contribution in [0.3, 0.4) is 0 Å². The van der Waals surface area contributed by atoms with Gasteiger partial charge in [0.05, 0.1) is 12.5 Å². The monoisotopic (exact) mass is 505 g/mol. The molecule has 0 spiro atoms. The Labute approximate surface area is 208 Å². The van der Waals surface area contributed by atoms with Crippen molar-refractivity contribution in [2.45, 2.75) is 64.1 Å². The van der Waals surface area contributed by atoms with E-state index in [1.165, 1.54) is 17.0 Å². The average Bonchev–Trinajstić information content (AvgIpc) is 3.35. The largest absolute Gasteiger partial charge is 0.351 e. The number of nitrogens with one attached hydrogen (secondary N) is 1. The lowest BCUT2D eigenvalue weighted by Gasteiger charge is -2.47. The van der Waals surface area contributed by atoms with Crippen LogP contribution in [0.4, 0.5) is 9.18 Å². The van der Waals surface area contributed by atoms with E-state index in [1.54, 1.807) is 22.3 Å². The summed E-state index contributed by atoms with van der Waals surface area (Å²) in [5, 5.41) is 5.14. The second-order valence-electron chi connectivity index (χ2n) is 8.91. The molecule has 4 amide bonds. The number of halogens is 2. The molecule has 1 aromatic carbocycles. The SMILES string of the molecule is O=C(CCCCN1C(=O)C2CCCCC2N(Cc2ccc(F)cc2Cl)C1=O)NCc1cccs1. The maximum atomic E-state index is 13.5. The zero-order chi connectivity index (χ0) is 24.1. The van der Waals surface area contributed by atoms with Gasteiger partial charge in [0.25, 0.3) is 0 Å². The van der Waals surface area contributed by atoms with Crippen LogP contribution in [0.1, 0.15) is 55.4 Å². The van der Waals surface area contributed by atoms with E-state index < -0.39 is 5.82 Å². The molecule has 1 N–H and O–H groups in total. The third kappa shape index (κ3) is 5.78. The minimum absolute atomic E-state index is 0.0374. The van der Waals surface area contributed by atoms with Gasteiger partial charge >= 0.3 is 6.03 Å². The summed E-state index contributed by atoms with van der Waals surface area (Å²) in [6.45, 7) is 1.05. The highest BCUT2D eigenvalue weighted by molar-refractivity contribution is 7.09. The summed E-state index contributed by atoms with van der Waals surface area (Å²) in [5.41, 5.74) is 0.664. The van der Waals surface area contributed by atoms with Crippen molar-refractivity contribution in [2.24, 2.45) is 5.92 Å². The van der Waals surface area contributed by atoms with Gasteiger partial charge in [-0.1, -0.05) is 36.6 Å². The average molecular weight is 506 g/mol. The Bertz CT molecular complexity index is 1030. The minimum atomic E-state index is -0.425. The summed E-state index contributed by atoms with van der Waals surface area (Å²) < 4.78 is 13.5. The smallest absolute Gasteiger partial charge is 0.327 e. The number of urea groups is 1. The van der Waals surface area contributed by atoms with Crippen molar-refractivity contribution in [3.8, 4) is 0 Å². The standard InChI is InChI=1S/C25H29ClFN3O3S/c26-21-14-18(27)11-10-17(21)16-30-22-8-2-1-7-20(22)24(32)29(25(30)33)12-4-3-9-23(31)28-15-19-6-5-13-34-19/h5-6,10-11,13-14,20,22H,1-4,7-9,12,15-16H2,(H,28,31). The highest BCUT2D eigenvalue weighted by atomic mass is 35.5. The zero-order valence-electron chi connectivity index (χ0n) is 19.0. The van der Waals surface area contributed by atoms with Crippen LogP contribution >= 0.6 is 22.9 Å². The maximum Gasteiger partial charge on any atom is 0.327 e. The molecular weight excluding hydrogens is 477 g/mol. The van der Waals surface area contributed by atoms with Crippen LogP contribution in [-0.2, 0) is 22.7 Å². The van der Waals surface area contributed by atoms with Crippen molar-refractivity contribution in [1.29, 1.82) is 0 Å². The number of thiophene rings is 1. The van der Waals surface area contributed by atoms with E-state index in [-0.39, 0.29) is 47.9 Å². The van der Waals surface area contributed by atoms with Gasteiger partial charge in [0.1, 0.15) is 5.82 Å². The molecule has 1 aliphatic heterocycles. The molecule has 1 aromatic heterocycles. The second kappa shape index (κ2) is 11.3. The van der Waals surface area contributed by atoms with Crippen molar-refractivity contribution < 1.29 is 18.8 Å². The Morgan fingerprint density at radius 2 is 2.00 bits per heavy atom. The highest BCUT2D eigenvalue weighted by Crippen LogP contribution is 2.36. The quantitative estimate of drug-likeness (QED) is 0.467. The Hall–Kier alpha value is -2.45. The number of amides is 4. The van der Waals surface area contributed by atoms with E-state index in [9.17, 15) is 18.8 Å². The van der Waals surface area contributed by atoms with Crippen molar-refractivity contribution >= 4 is 40.8 Å². The van der Waals surface area contributed by atoms with Gasteiger partial charge in [0.15, 0.2) is 0 Å². The predicted octanol–water partition coefficient (Wildman–Crippen LogP) is 5.35. The summed E-state index contributed by atoms with van der Waals surface area (Å²) in [6.07, 6.45) is 4.96. The van der Waals surface area contributed by atoms with Crippen molar-refractivity contribution in [3.05, 3.63) is 57.0 Å². The van der Waals surface area contributed by atoms with E-state index >= 15 is 0 Å². The molecule has 2 fully saturated rings. The molecule has 1 aliphatic carbocycles. The lowest BCUT2D eigenvalue weighted by atomic mass is 9.81. The molecule has 0 radical (unpaired) electrons. The number of carbonyl (C=O) groups excluding carboxylic acids is 3. The third-order valence-corrected chi connectivity index (χ3v) is 7.85. The summed E-state index contributed by atoms with van der Waals surface area (Å²) in [4.78, 5) is 42.8. The minimum Gasteiger partial charge on any atom is -0.351 e. The molecule has 4 rings (SSSR count). The van der Waals surface area contributed by atoms with Crippen LogP contribution in [0, 0.1) is 11.7 Å². The zero-order valence-corrected chi connectivity index (χ0v) is 20.5. The molecule has 182 valence electrons. The Kier molecular flexibility index (Phi) is 8.21. The first-order chi connectivity index (χ1) is 16.4. The number of hydrogen-bond acceptors (Lipinski definition) is 4. The first-order valence-corrected chi connectivity index (χ1v) is 13.0. The van der Waals surface area contributed by atoms with E-state index in [1.807, 2.05) is 17.5 Å². The Balaban J connectivity index is 1.35. The first kappa shape index (κ1) is 24.7. The van der Waals surface area contributed by atoms with E-state index in [2.05, 4.69) is 5.32 Å². The van der Waals surface area contributed by atoms with Crippen molar-refractivity contribution in [3.63, 3.8) is 0 Å². The number of carbonyl (C=O) groups is 3. The van der Waals surface area contributed by atoms with Crippen LogP contribution in [0.25, 0.3) is 0 Å². The van der Waals surface area contributed by atoms with Gasteiger partial charge < -0.3 is 10.2 Å². The molecule has 9 heteroatoms. The Morgan fingerprint density at radius 3 is 2.76 bits per heavy atom. The van der Waals surface area contributed by atoms with Crippen LogP contribution in [0.2, 0.25) is 5.02 Å². The number of hydrogen-bond donors (Lipinski definition) is 1. The summed E-state index contributed by atoms with van der Waals surface area (Å²) in [5.74, 6) is -0.798. The lowest BCUT2D eigenvalue weighted by Crippen LogP contribution is -2.62. The van der Waals surface area contributed by atoms with Gasteiger partial charge in [-0.3, -0.25) is 14.5 Å². The lowest BCUT2D eigenvalue weighted by molar-refractivity contribution is -0.140. The summed E-state index contributed by atoms with van der Waals surface area (Å²) in [6, 6.07) is 7.62. The van der Waals surface area contributed by atoms with Crippen LogP contribution in [0.15, 0.2) is 35.7 Å². The molecule has 2 aliphatic rings. The van der Waals surface area contributed by atoms with Gasteiger partial charge in [-0.25, -0.2) is 9.18 Å². The van der Waals surface area contributed by atoms with Crippen molar-refractivity contribution in [2.75, 3.05) is 6.54 Å². The van der Waals surface area contributed by atoms with Crippen LogP contribution in [0.5, 0.6) is 0 Å². The van der Waals surface area contributed by atoms with Gasteiger partial charge in [-0.15, -0.1) is 11.3 Å².